The van der Waals surface area contributed by atoms with Crippen molar-refractivity contribution in [3.63, 3.8) is 0 Å². The van der Waals surface area contributed by atoms with Crippen molar-refractivity contribution in [3.8, 4) is 5.75 Å². The highest BCUT2D eigenvalue weighted by molar-refractivity contribution is 7.19. The molecule has 0 aliphatic carbocycles. The maximum absolute atomic E-state index is 13.9. The van der Waals surface area contributed by atoms with Gasteiger partial charge in [-0.1, -0.05) is 18.2 Å². The van der Waals surface area contributed by atoms with Gasteiger partial charge in [0.05, 0.1) is 17.7 Å². The quantitative estimate of drug-likeness (QED) is 0.616. The topological polar surface area (TPSA) is 67.8 Å². The van der Waals surface area contributed by atoms with Gasteiger partial charge in [-0.05, 0) is 44.0 Å². The molecule has 0 unspecified atom stereocenters. The summed E-state index contributed by atoms with van der Waals surface area (Å²) in [6.45, 7) is 2.92. The van der Waals surface area contributed by atoms with Gasteiger partial charge in [-0.25, -0.2) is 4.39 Å². The Morgan fingerprint density at radius 1 is 1.27 bits per heavy atom. The lowest BCUT2D eigenvalue weighted by molar-refractivity contribution is 0.0126. The zero-order valence-electron chi connectivity index (χ0n) is 16.7. The van der Waals surface area contributed by atoms with Gasteiger partial charge in [0.15, 0.2) is 0 Å². The third-order valence-corrected chi connectivity index (χ3v) is 6.63. The van der Waals surface area contributed by atoms with Gasteiger partial charge in [-0.2, -0.15) is 0 Å². The van der Waals surface area contributed by atoms with Gasteiger partial charge < -0.3 is 19.9 Å². The summed E-state index contributed by atoms with van der Waals surface area (Å²) in [7, 11) is 0. The lowest BCUT2D eigenvalue weighted by atomic mass is 9.90. The smallest absolute Gasteiger partial charge is 0.253 e. The molecule has 2 heterocycles. The molecule has 1 aromatic heterocycles. The average Bonchev–Trinajstić information content (AvgIpc) is 3.09. The molecule has 30 heavy (non-hydrogen) atoms. The van der Waals surface area contributed by atoms with E-state index in [2.05, 4.69) is 5.32 Å². The van der Waals surface area contributed by atoms with E-state index in [-0.39, 0.29) is 24.9 Å². The van der Waals surface area contributed by atoms with E-state index in [1.54, 1.807) is 18.2 Å². The number of benzene rings is 2. The predicted molar refractivity (Wildman–Crippen MR) is 115 cm³/mol. The Balaban J connectivity index is 1.58. The SMILES string of the molecule is Cc1sc2ccc(OCc3ccccc3F)cc2c1C(=O)NC1(CO)CCOCC1. The number of nitrogens with one attached hydrogen (secondary N) is 1. The predicted octanol–water partition coefficient (Wildman–Crippen LogP) is 4.20. The first kappa shape index (κ1) is 20.8. The fraction of sp³-hybridized carbons (Fsp3) is 0.348. The molecule has 7 heteroatoms. The van der Waals surface area contributed by atoms with Crippen LogP contribution in [-0.2, 0) is 11.3 Å². The van der Waals surface area contributed by atoms with Crippen LogP contribution >= 0.6 is 11.3 Å². The number of halogens is 1. The first-order valence-corrected chi connectivity index (χ1v) is 10.7. The second-order valence-electron chi connectivity index (χ2n) is 7.58. The highest BCUT2D eigenvalue weighted by Gasteiger charge is 2.34. The summed E-state index contributed by atoms with van der Waals surface area (Å²) in [5.41, 5.74) is 0.404. The third kappa shape index (κ3) is 4.19. The van der Waals surface area contributed by atoms with Crippen LogP contribution in [0.25, 0.3) is 10.1 Å². The van der Waals surface area contributed by atoms with E-state index in [1.807, 2.05) is 25.1 Å². The number of aryl methyl sites for hydroxylation is 1. The number of aliphatic hydroxyl groups excluding tert-OH is 1. The Morgan fingerprint density at radius 3 is 2.77 bits per heavy atom. The number of hydrogen-bond donors (Lipinski definition) is 2. The van der Waals surface area contributed by atoms with Crippen molar-refractivity contribution in [2.24, 2.45) is 0 Å². The lowest BCUT2D eigenvalue weighted by Gasteiger charge is -2.36. The monoisotopic (exact) mass is 429 g/mol. The Bertz CT molecular complexity index is 1060. The van der Waals surface area contributed by atoms with Crippen LogP contribution in [0.2, 0.25) is 0 Å². The van der Waals surface area contributed by atoms with Crippen molar-refractivity contribution < 1.29 is 23.8 Å². The molecule has 2 aromatic carbocycles. The van der Waals surface area contributed by atoms with Crippen LogP contribution in [0.15, 0.2) is 42.5 Å². The summed E-state index contributed by atoms with van der Waals surface area (Å²) in [5.74, 6) is 0.0530. The molecule has 5 nitrogen and oxygen atoms in total. The zero-order valence-corrected chi connectivity index (χ0v) is 17.6. The Morgan fingerprint density at radius 2 is 2.03 bits per heavy atom. The number of thiophene rings is 1. The Labute approximate surface area is 178 Å². The molecule has 0 saturated carbocycles. The molecule has 158 valence electrons. The number of fused-ring (bicyclic) bond motifs is 1. The van der Waals surface area contributed by atoms with Crippen molar-refractivity contribution in [2.45, 2.75) is 31.9 Å². The molecule has 1 aliphatic heterocycles. The zero-order chi connectivity index (χ0) is 21.1. The Hall–Kier alpha value is -2.48. The average molecular weight is 430 g/mol. The van der Waals surface area contributed by atoms with E-state index < -0.39 is 5.54 Å². The van der Waals surface area contributed by atoms with Crippen LogP contribution in [0.5, 0.6) is 5.75 Å². The first-order chi connectivity index (χ1) is 14.5. The van der Waals surface area contributed by atoms with Gasteiger partial charge in [0.25, 0.3) is 5.91 Å². The highest BCUT2D eigenvalue weighted by atomic mass is 32.1. The normalized spacial score (nSPS) is 15.8. The number of aliphatic hydroxyl groups is 1. The molecule has 0 atom stereocenters. The van der Waals surface area contributed by atoms with Gasteiger partial charge in [0, 0.05) is 33.7 Å². The summed E-state index contributed by atoms with van der Waals surface area (Å²) in [6.07, 6.45) is 1.15. The minimum Gasteiger partial charge on any atom is -0.489 e. The van der Waals surface area contributed by atoms with Crippen LogP contribution < -0.4 is 10.1 Å². The molecular weight excluding hydrogens is 405 g/mol. The van der Waals surface area contributed by atoms with Crippen molar-refractivity contribution in [3.05, 3.63) is 64.3 Å². The van der Waals surface area contributed by atoms with Crippen LogP contribution in [0.1, 0.15) is 33.6 Å². The third-order valence-electron chi connectivity index (χ3n) is 5.55. The van der Waals surface area contributed by atoms with E-state index in [1.165, 1.54) is 17.4 Å². The second-order valence-corrected chi connectivity index (χ2v) is 8.83. The molecule has 4 rings (SSSR count). The van der Waals surface area contributed by atoms with Gasteiger partial charge in [-0.3, -0.25) is 4.79 Å². The molecule has 1 aliphatic rings. The molecule has 1 saturated heterocycles. The fourth-order valence-electron chi connectivity index (χ4n) is 3.74. The molecule has 0 radical (unpaired) electrons. The summed E-state index contributed by atoms with van der Waals surface area (Å²) in [5, 5.41) is 13.7. The van der Waals surface area contributed by atoms with Crippen molar-refractivity contribution in [1.82, 2.24) is 5.32 Å². The molecule has 0 spiro atoms. The largest absolute Gasteiger partial charge is 0.489 e. The van der Waals surface area contributed by atoms with E-state index >= 15 is 0 Å². The number of carbonyl (C=O) groups excluding carboxylic acids is 1. The molecule has 1 amide bonds. The number of ether oxygens (including phenoxy) is 2. The standard InChI is InChI=1S/C23H24FNO4S/c1-15-21(22(27)25-23(14-26)8-10-28-11-9-23)18-12-17(6-7-20(18)30-15)29-13-16-4-2-3-5-19(16)24/h2-7,12,26H,8-11,13-14H2,1H3,(H,25,27). The van der Waals surface area contributed by atoms with Gasteiger partial charge in [0.2, 0.25) is 0 Å². The maximum atomic E-state index is 13.9. The molecular formula is C23H24FNO4S. The van der Waals surface area contributed by atoms with Crippen LogP contribution in [-0.4, -0.2) is 36.4 Å². The molecule has 2 N–H and O–H groups in total. The van der Waals surface area contributed by atoms with Crippen LogP contribution in [0, 0.1) is 12.7 Å². The molecule has 0 bridgehead atoms. The minimum atomic E-state index is -0.658. The van der Waals surface area contributed by atoms with E-state index in [0.717, 1.165) is 15.0 Å². The van der Waals surface area contributed by atoms with Gasteiger partial charge in [-0.15, -0.1) is 11.3 Å². The van der Waals surface area contributed by atoms with Crippen molar-refractivity contribution in [2.75, 3.05) is 19.8 Å². The number of carbonyl (C=O) groups is 1. The van der Waals surface area contributed by atoms with Gasteiger partial charge in [0.1, 0.15) is 18.2 Å². The summed E-state index contributed by atoms with van der Waals surface area (Å²) in [6, 6.07) is 12.1. The summed E-state index contributed by atoms with van der Waals surface area (Å²) < 4.78 is 26.0. The van der Waals surface area contributed by atoms with Crippen molar-refractivity contribution >= 4 is 27.3 Å². The van der Waals surface area contributed by atoms with Crippen molar-refractivity contribution in [1.29, 1.82) is 0 Å². The first-order valence-electron chi connectivity index (χ1n) is 9.92. The van der Waals surface area contributed by atoms with Gasteiger partial charge >= 0.3 is 0 Å². The fourth-order valence-corrected chi connectivity index (χ4v) is 4.78. The number of hydrogen-bond acceptors (Lipinski definition) is 5. The number of amides is 1. The summed E-state index contributed by atoms with van der Waals surface area (Å²) >= 11 is 1.54. The lowest BCUT2D eigenvalue weighted by Crippen LogP contribution is -2.54. The maximum Gasteiger partial charge on any atom is 0.253 e. The molecule has 3 aromatic rings. The van der Waals surface area contributed by atoms with E-state index in [0.29, 0.717) is 42.9 Å². The second kappa shape index (κ2) is 8.71. The van der Waals surface area contributed by atoms with Crippen LogP contribution in [0.3, 0.4) is 0 Å². The minimum absolute atomic E-state index is 0.108. The Kier molecular flexibility index (Phi) is 6.04. The van der Waals surface area contributed by atoms with E-state index in [9.17, 15) is 14.3 Å². The van der Waals surface area contributed by atoms with E-state index in [4.69, 9.17) is 9.47 Å². The molecule has 1 fully saturated rings. The highest BCUT2D eigenvalue weighted by Crippen LogP contribution is 2.34. The number of rotatable bonds is 6. The van der Waals surface area contributed by atoms with Crippen LogP contribution in [0.4, 0.5) is 4.39 Å². The summed E-state index contributed by atoms with van der Waals surface area (Å²) in [4.78, 5) is 14.1.